The van der Waals surface area contributed by atoms with Crippen molar-refractivity contribution in [1.82, 2.24) is 4.31 Å². The van der Waals surface area contributed by atoms with Gasteiger partial charge < -0.3 is 0 Å². The Morgan fingerprint density at radius 3 is 2.35 bits per heavy atom. The molecule has 1 fully saturated rings. The lowest BCUT2D eigenvalue weighted by Crippen LogP contribution is -2.41. The van der Waals surface area contributed by atoms with Crippen LogP contribution >= 0.6 is 0 Å². The fraction of sp³-hybridized carbons (Fsp3) is 0.538. The quantitative estimate of drug-likeness (QED) is 0.850. The number of hydrogen-bond donors (Lipinski definition) is 0. The summed E-state index contributed by atoms with van der Waals surface area (Å²) in [6.45, 7) is 2.38. The van der Waals surface area contributed by atoms with Crippen LogP contribution in [0.1, 0.15) is 26.2 Å². The van der Waals surface area contributed by atoms with Gasteiger partial charge in [-0.15, -0.1) is 0 Å². The third-order valence-corrected chi connectivity index (χ3v) is 6.70. The molecular formula is C13H19NO4S2. The van der Waals surface area contributed by atoms with Crippen LogP contribution in [-0.4, -0.2) is 40.0 Å². The molecule has 1 atom stereocenters. The Kier molecular flexibility index (Phi) is 4.22. The van der Waals surface area contributed by atoms with Crippen LogP contribution in [-0.2, 0) is 19.9 Å². The van der Waals surface area contributed by atoms with E-state index in [4.69, 9.17) is 0 Å². The molecule has 0 bridgehead atoms. The van der Waals surface area contributed by atoms with Gasteiger partial charge in [-0.05, 0) is 38.0 Å². The lowest BCUT2D eigenvalue weighted by atomic mass is 10.1. The molecule has 0 saturated carbocycles. The summed E-state index contributed by atoms with van der Waals surface area (Å²) in [4.78, 5) is 0.0809. The Morgan fingerprint density at radius 1 is 1.10 bits per heavy atom. The molecule has 2 rings (SSSR count). The van der Waals surface area contributed by atoms with Crippen LogP contribution in [0.4, 0.5) is 0 Å². The minimum absolute atomic E-state index is 0.0308. The molecular weight excluding hydrogens is 298 g/mol. The second-order valence-corrected chi connectivity index (χ2v) is 9.11. The van der Waals surface area contributed by atoms with Gasteiger partial charge in [0, 0.05) is 18.8 Å². The van der Waals surface area contributed by atoms with Gasteiger partial charge in [-0.25, -0.2) is 16.8 Å². The lowest BCUT2D eigenvalue weighted by Gasteiger charge is -2.32. The standard InChI is InChI=1S/C13H19NO4S2/c1-11-6-3-4-9-14(11)20(17,18)13-8-5-7-12(10-13)19(2,15)16/h5,7-8,10-11H,3-4,6,9H2,1-2H3/t11-/m0/s1. The first-order valence-corrected chi connectivity index (χ1v) is 9.88. The smallest absolute Gasteiger partial charge is 0.224 e. The molecule has 1 aromatic rings. The molecule has 0 radical (unpaired) electrons. The fourth-order valence-corrected chi connectivity index (χ4v) is 4.92. The van der Waals surface area contributed by atoms with Crippen LogP contribution in [0.15, 0.2) is 34.1 Å². The van der Waals surface area contributed by atoms with E-state index in [-0.39, 0.29) is 15.8 Å². The van der Waals surface area contributed by atoms with E-state index in [0.717, 1.165) is 25.5 Å². The number of piperidine rings is 1. The van der Waals surface area contributed by atoms with E-state index >= 15 is 0 Å². The highest BCUT2D eigenvalue weighted by Crippen LogP contribution is 2.26. The molecule has 20 heavy (non-hydrogen) atoms. The van der Waals surface area contributed by atoms with E-state index in [1.165, 1.54) is 28.6 Å². The average Bonchev–Trinajstić information content (AvgIpc) is 2.38. The van der Waals surface area contributed by atoms with Gasteiger partial charge in [0.2, 0.25) is 10.0 Å². The number of benzene rings is 1. The molecule has 0 amide bonds. The van der Waals surface area contributed by atoms with Crippen molar-refractivity contribution in [3.63, 3.8) is 0 Å². The van der Waals surface area contributed by atoms with Gasteiger partial charge in [0.15, 0.2) is 9.84 Å². The molecule has 0 spiro atoms. The molecule has 1 saturated heterocycles. The maximum absolute atomic E-state index is 12.6. The summed E-state index contributed by atoms with van der Waals surface area (Å²) in [7, 11) is -7.04. The first-order valence-electron chi connectivity index (χ1n) is 6.55. The van der Waals surface area contributed by atoms with Gasteiger partial charge in [0.05, 0.1) is 9.79 Å². The van der Waals surface area contributed by atoms with Crippen molar-refractivity contribution in [2.75, 3.05) is 12.8 Å². The van der Waals surface area contributed by atoms with Crippen molar-refractivity contribution in [1.29, 1.82) is 0 Å². The number of sulfone groups is 1. The maximum atomic E-state index is 12.6. The zero-order valence-electron chi connectivity index (χ0n) is 11.6. The second-order valence-electron chi connectivity index (χ2n) is 5.21. The fourth-order valence-electron chi connectivity index (χ4n) is 2.43. The molecule has 0 N–H and O–H groups in total. The summed E-state index contributed by atoms with van der Waals surface area (Å²) in [5.41, 5.74) is 0. The molecule has 112 valence electrons. The minimum Gasteiger partial charge on any atom is -0.224 e. The van der Waals surface area contributed by atoms with Crippen LogP contribution in [0.3, 0.4) is 0 Å². The average molecular weight is 317 g/mol. The van der Waals surface area contributed by atoms with Gasteiger partial charge in [0.25, 0.3) is 0 Å². The van der Waals surface area contributed by atoms with E-state index in [0.29, 0.717) is 6.54 Å². The molecule has 0 aliphatic carbocycles. The van der Waals surface area contributed by atoms with Crippen molar-refractivity contribution >= 4 is 19.9 Å². The monoisotopic (exact) mass is 317 g/mol. The van der Waals surface area contributed by atoms with Crippen LogP contribution in [0.5, 0.6) is 0 Å². The second kappa shape index (κ2) is 5.46. The van der Waals surface area contributed by atoms with Gasteiger partial charge in [0.1, 0.15) is 0 Å². The van der Waals surface area contributed by atoms with Crippen molar-refractivity contribution in [3.05, 3.63) is 24.3 Å². The first kappa shape index (κ1) is 15.5. The summed E-state index contributed by atoms with van der Waals surface area (Å²) >= 11 is 0. The largest absolute Gasteiger partial charge is 0.243 e. The van der Waals surface area contributed by atoms with Gasteiger partial charge in [-0.2, -0.15) is 4.31 Å². The van der Waals surface area contributed by atoms with Crippen molar-refractivity contribution < 1.29 is 16.8 Å². The topological polar surface area (TPSA) is 71.5 Å². The van der Waals surface area contributed by atoms with Crippen LogP contribution < -0.4 is 0 Å². The number of sulfonamides is 1. The predicted molar refractivity (Wildman–Crippen MR) is 76.8 cm³/mol. The highest BCUT2D eigenvalue weighted by molar-refractivity contribution is 7.91. The Hall–Kier alpha value is -0.920. The van der Waals surface area contributed by atoms with Gasteiger partial charge in [-0.3, -0.25) is 0 Å². The zero-order chi connectivity index (χ0) is 15.0. The number of rotatable bonds is 3. The third kappa shape index (κ3) is 3.05. The minimum atomic E-state index is -3.63. The molecule has 7 heteroatoms. The molecule has 5 nitrogen and oxygen atoms in total. The third-order valence-electron chi connectivity index (χ3n) is 3.58. The Morgan fingerprint density at radius 2 is 1.75 bits per heavy atom. The van der Waals surface area contributed by atoms with E-state index in [1.807, 2.05) is 6.92 Å². The normalized spacial score (nSPS) is 21.8. The SMILES string of the molecule is C[C@H]1CCCCN1S(=O)(=O)c1cccc(S(C)(=O)=O)c1. The van der Waals surface area contributed by atoms with Gasteiger partial charge in [-0.1, -0.05) is 12.5 Å². The molecule has 1 heterocycles. The first-order chi connectivity index (χ1) is 9.23. The summed E-state index contributed by atoms with van der Waals surface area (Å²) in [5.74, 6) is 0. The summed E-state index contributed by atoms with van der Waals surface area (Å²) in [5, 5.41) is 0. The highest BCUT2D eigenvalue weighted by Gasteiger charge is 2.31. The molecule has 0 aromatic heterocycles. The summed E-state index contributed by atoms with van der Waals surface area (Å²) in [6.07, 6.45) is 3.78. The van der Waals surface area contributed by atoms with E-state index in [2.05, 4.69) is 0 Å². The van der Waals surface area contributed by atoms with Crippen molar-refractivity contribution in [3.8, 4) is 0 Å². The van der Waals surface area contributed by atoms with Crippen molar-refractivity contribution in [2.24, 2.45) is 0 Å². The summed E-state index contributed by atoms with van der Waals surface area (Å²) < 4.78 is 49.8. The zero-order valence-corrected chi connectivity index (χ0v) is 13.2. The molecule has 1 aliphatic heterocycles. The van der Waals surface area contributed by atoms with Crippen LogP contribution in [0.2, 0.25) is 0 Å². The van der Waals surface area contributed by atoms with Gasteiger partial charge >= 0.3 is 0 Å². The van der Waals surface area contributed by atoms with Crippen LogP contribution in [0.25, 0.3) is 0 Å². The number of nitrogens with zero attached hydrogens (tertiary/aromatic N) is 1. The van der Waals surface area contributed by atoms with E-state index in [1.54, 1.807) is 0 Å². The Balaban J connectivity index is 2.44. The molecule has 1 aliphatic rings. The Bertz CT molecular complexity index is 695. The van der Waals surface area contributed by atoms with Crippen LogP contribution in [0, 0.1) is 0 Å². The molecule has 1 aromatic carbocycles. The molecule has 0 unspecified atom stereocenters. The predicted octanol–water partition coefficient (Wildman–Crippen LogP) is 1.65. The maximum Gasteiger partial charge on any atom is 0.243 e. The van der Waals surface area contributed by atoms with E-state index < -0.39 is 19.9 Å². The van der Waals surface area contributed by atoms with Crippen molar-refractivity contribution in [2.45, 2.75) is 42.0 Å². The highest BCUT2D eigenvalue weighted by atomic mass is 32.2. The van der Waals surface area contributed by atoms with E-state index in [9.17, 15) is 16.8 Å². The Labute approximate surface area is 120 Å². The summed E-state index contributed by atoms with van der Waals surface area (Å²) in [6, 6.07) is 5.53. The lowest BCUT2D eigenvalue weighted by molar-refractivity contribution is 0.268. The number of hydrogen-bond acceptors (Lipinski definition) is 4.